The number of halogens is 1. The van der Waals surface area contributed by atoms with Crippen molar-refractivity contribution in [1.29, 1.82) is 0 Å². The second-order valence-electron chi connectivity index (χ2n) is 8.55. The van der Waals surface area contributed by atoms with Crippen molar-refractivity contribution >= 4 is 27.7 Å². The van der Waals surface area contributed by atoms with Gasteiger partial charge in [0, 0.05) is 31.4 Å². The summed E-state index contributed by atoms with van der Waals surface area (Å²) in [7, 11) is 0. The lowest BCUT2D eigenvalue weighted by Crippen LogP contribution is -2.51. The lowest BCUT2D eigenvalue weighted by molar-refractivity contribution is -0.139. The summed E-state index contributed by atoms with van der Waals surface area (Å²) < 4.78 is 2.52. The summed E-state index contributed by atoms with van der Waals surface area (Å²) in [5, 5.41) is 7.55. The first-order valence-corrected chi connectivity index (χ1v) is 10.9. The molecule has 0 unspecified atom stereocenters. The molecule has 2 fully saturated rings. The van der Waals surface area contributed by atoms with E-state index in [0.29, 0.717) is 24.7 Å². The van der Waals surface area contributed by atoms with Crippen LogP contribution in [0.1, 0.15) is 76.3 Å². The van der Waals surface area contributed by atoms with Gasteiger partial charge in [0.2, 0.25) is 5.91 Å². The van der Waals surface area contributed by atoms with E-state index in [0.717, 1.165) is 36.6 Å². The maximum Gasteiger partial charge on any atom is 0.275 e. The summed E-state index contributed by atoms with van der Waals surface area (Å²) >= 11 is 3.47. The van der Waals surface area contributed by atoms with Crippen LogP contribution >= 0.6 is 15.9 Å². The van der Waals surface area contributed by atoms with E-state index in [9.17, 15) is 9.59 Å². The summed E-state index contributed by atoms with van der Waals surface area (Å²) in [4.78, 5) is 27.6. The number of hydrogen-bond donors (Lipinski definition) is 1. The molecule has 0 atom stereocenters. The van der Waals surface area contributed by atoms with Crippen molar-refractivity contribution in [3.8, 4) is 0 Å². The van der Waals surface area contributed by atoms with E-state index in [1.54, 1.807) is 4.68 Å². The van der Waals surface area contributed by atoms with Crippen LogP contribution in [0.5, 0.6) is 0 Å². The number of rotatable bonds is 8. The molecule has 0 spiro atoms. The standard InChI is InChI=1S/C20H31BrN4O2/c1-13(2)20(8-5-9-20)19(27)22-10-11-24(15-6-7-15)18(26)17-16(21)12-25(23-17)14(3)4/h12-15H,5-11H2,1-4H3,(H,22,27). The first-order valence-electron chi connectivity index (χ1n) is 10.1. The van der Waals surface area contributed by atoms with E-state index in [1.165, 1.54) is 0 Å². The van der Waals surface area contributed by atoms with Crippen LogP contribution < -0.4 is 5.32 Å². The van der Waals surface area contributed by atoms with Gasteiger partial charge in [-0.1, -0.05) is 20.3 Å². The molecule has 2 aliphatic rings. The minimum absolute atomic E-state index is 0.0553. The molecule has 1 aromatic rings. The molecule has 27 heavy (non-hydrogen) atoms. The Bertz CT molecular complexity index is 705. The molecular formula is C20H31BrN4O2. The van der Waals surface area contributed by atoms with Gasteiger partial charge in [0.25, 0.3) is 5.91 Å². The molecule has 6 nitrogen and oxygen atoms in total. The fourth-order valence-corrected chi connectivity index (χ4v) is 4.30. The van der Waals surface area contributed by atoms with Crippen LogP contribution in [0.15, 0.2) is 10.7 Å². The number of amides is 2. The molecule has 1 aromatic heterocycles. The average molecular weight is 439 g/mol. The third-order valence-corrected chi connectivity index (χ3v) is 6.69. The minimum atomic E-state index is -0.201. The first kappa shape index (κ1) is 20.4. The molecular weight excluding hydrogens is 408 g/mol. The lowest BCUT2D eigenvalue weighted by atomic mass is 9.61. The van der Waals surface area contributed by atoms with E-state index < -0.39 is 0 Å². The molecule has 2 aliphatic carbocycles. The Morgan fingerprint density at radius 2 is 2.00 bits per heavy atom. The summed E-state index contributed by atoms with van der Waals surface area (Å²) in [5.74, 6) is 0.445. The van der Waals surface area contributed by atoms with Crippen LogP contribution in [0, 0.1) is 11.3 Å². The molecule has 0 aromatic carbocycles. The lowest BCUT2D eigenvalue weighted by Gasteiger charge is -2.43. The summed E-state index contributed by atoms with van der Waals surface area (Å²) in [5.41, 5.74) is 0.257. The Labute approximate surface area is 170 Å². The topological polar surface area (TPSA) is 67.2 Å². The molecule has 0 saturated heterocycles. The predicted molar refractivity (Wildman–Crippen MR) is 109 cm³/mol. The maximum atomic E-state index is 13.0. The van der Waals surface area contributed by atoms with Gasteiger partial charge in [-0.3, -0.25) is 14.3 Å². The second-order valence-corrected chi connectivity index (χ2v) is 9.40. The highest BCUT2D eigenvalue weighted by atomic mass is 79.9. The fraction of sp³-hybridized carbons (Fsp3) is 0.750. The van der Waals surface area contributed by atoms with Gasteiger partial charge >= 0.3 is 0 Å². The SMILES string of the molecule is CC(C)n1cc(Br)c(C(=O)N(CCNC(=O)C2(C(C)C)CCC2)C2CC2)n1. The quantitative estimate of drug-likeness (QED) is 0.671. The number of nitrogens with one attached hydrogen (secondary N) is 1. The van der Waals surface area contributed by atoms with Gasteiger partial charge in [0.05, 0.1) is 9.89 Å². The van der Waals surface area contributed by atoms with Gasteiger partial charge in [0.1, 0.15) is 0 Å². The fourth-order valence-electron chi connectivity index (χ4n) is 3.84. The Hall–Kier alpha value is -1.37. The van der Waals surface area contributed by atoms with E-state index in [4.69, 9.17) is 0 Å². The largest absolute Gasteiger partial charge is 0.354 e. The third kappa shape index (κ3) is 4.08. The summed E-state index contributed by atoms with van der Waals surface area (Å²) in [6.07, 6.45) is 6.98. The van der Waals surface area contributed by atoms with Crippen molar-refractivity contribution in [2.24, 2.45) is 11.3 Å². The van der Waals surface area contributed by atoms with E-state index in [-0.39, 0.29) is 29.3 Å². The number of carbonyl (C=O) groups is 2. The molecule has 0 bridgehead atoms. The maximum absolute atomic E-state index is 13.0. The monoisotopic (exact) mass is 438 g/mol. The molecule has 2 saturated carbocycles. The molecule has 150 valence electrons. The summed E-state index contributed by atoms with van der Waals surface area (Å²) in [6.45, 7) is 9.35. The van der Waals surface area contributed by atoms with Crippen LogP contribution in [-0.4, -0.2) is 45.6 Å². The average Bonchev–Trinajstić information content (AvgIpc) is 3.30. The van der Waals surface area contributed by atoms with E-state index >= 15 is 0 Å². The van der Waals surface area contributed by atoms with Gasteiger partial charge in [0.15, 0.2) is 5.69 Å². The number of carbonyl (C=O) groups excluding carboxylic acids is 2. The minimum Gasteiger partial charge on any atom is -0.354 e. The molecule has 3 rings (SSSR count). The molecule has 1 heterocycles. The number of hydrogen-bond acceptors (Lipinski definition) is 3. The van der Waals surface area contributed by atoms with Gasteiger partial charge in [-0.05, 0) is 61.4 Å². The Morgan fingerprint density at radius 1 is 1.33 bits per heavy atom. The zero-order valence-corrected chi connectivity index (χ0v) is 18.4. The van der Waals surface area contributed by atoms with Crippen molar-refractivity contribution in [1.82, 2.24) is 20.0 Å². The van der Waals surface area contributed by atoms with Gasteiger partial charge in [-0.25, -0.2) is 0 Å². The second kappa shape index (κ2) is 7.94. The first-order chi connectivity index (χ1) is 12.8. The number of aromatic nitrogens is 2. The number of nitrogens with zero attached hydrogens (tertiary/aromatic N) is 3. The molecule has 7 heteroatoms. The van der Waals surface area contributed by atoms with E-state index in [1.807, 2.05) is 24.9 Å². The van der Waals surface area contributed by atoms with Gasteiger partial charge in [-0.15, -0.1) is 0 Å². The van der Waals surface area contributed by atoms with Crippen molar-refractivity contribution in [3.63, 3.8) is 0 Å². The summed E-state index contributed by atoms with van der Waals surface area (Å²) in [6, 6.07) is 0.472. The van der Waals surface area contributed by atoms with Crippen molar-refractivity contribution in [2.45, 2.75) is 71.9 Å². The molecule has 0 radical (unpaired) electrons. The van der Waals surface area contributed by atoms with E-state index in [2.05, 4.69) is 40.2 Å². The Kier molecular flexibility index (Phi) is 5.99. The third-order valence-electron chi connectivity index (χ3n) is 6.11. The smallest absolute Gasteiger partial charge is 0.275 e. The predicted octanol–water partition coefficient (Wildman–Crippen LogP) is 3.77. The molecule has 0 aliphatic heterocycles. The zero-order chi connectivity index (χ0) is 19.8. The highest BCUT2D eigenvalue weighted by Crippen LogP contribution is 2.47. The van der Waals surface area contributed by atoms with Crippen LogP contribution in [0.4, 0.5) is 0 Å². The highest BCUT2D eigenvalue weighted by molar-refractivity contribution is 9.10. The zero-order valence-electron chi connectivity index (χ0n) is 16.8. The Balaban J connectivity index is 1.61. The van der Waals surface area contributed by atoms with Gasteiger partial charge in [-0.2, -0.15) is 5.10 Å². The van der Waals surface area contributed by atoms with Gasteiger partial charge < -0.3 is 10.2 Å². The molecule has 1 N–H and O–H groups in total. The Morgan fingerprint density at radius 3 is 2.44 bits per heavy atom. The molecule has 2 amide bonds. The van der Waals surface area contributed by atoms with Crippen LogP contribution in [0.3, 0.4) is 0 Å². The van der Waals surface area contributed by atoms with Crippen LogP contribution in [0.2, 0.25) is 0 Å². The highest BCUT2D eigenvalue weighted by Gasteiger charge is 2.46. The van der Waals surface area contributed by atoms with Crippen molar-refractivity contribution in [3.05, 3.63) is 16.4 Å². The van der Waals surface area contributed by atoms with Crippen molar-refractivity contribution < 1.29 is 9.59 Å². The normalized spacial score (nSPS) is 18.5. The van der Waals surface area contributed by atoms with Crippen molar-refractivity contribution in [2.75, 3.05) is 13.1 Å². The van der Waals surface area contributed by atoms with Crippen LogP contribution in [0.25, 0.3) is 0 Å². The van der Waals surface area contributed by atoms with Crippen LogP contribution in [-0.2, 0) is 4.79 Å².